The summed E-state index contributed by atoms with van der Waals surface area (Å²) in [6, 6.07) is 10.3. The van der Waals surface area contributed by atoms with Gasteiger partial charge in [-0.2, -0.15) is 8.78 Å². The highest BCUT2D eigenvalue weighted by Crippen LogP contribution is 2.22. The Morgan fingerprint density at radius 3 is 2.48 bits per heavy atom. The maximum absolute atomic E-state index is 12.1. The van der Waals surface area contributed by atoms with Gasteiger partial charge in [0.25, 0.3) is 15.9 Å². The summed E-state index contributed by atoms with van der Waals surface area (Å²) in [5, 5.41) is 2.43. The van der Waals surface area contributed by atoms with Crippen LogP contribution >= 0.6 is 0 Å². The molecule has 0 saturated heterocycles. The fourth-order valence-corrected chi connectivity index (χ4v) is 3.89. The molecule has 0 spiro atoms. The van der Waals surface area contributed by atoms with Gasteiger partial charge in [-0.15, -0.1) is 0 Å². The van der Waals surface area contributed by atoms with Crippen molar-refractivity contribution in [2.24, 2.45) is 4.99 Å². The quantitative estimate of drug-likeness (QED) is 0.618. The molecule has 2 aromatic carbocycles. The number of ether oxygens (including phenoxy) is 2. The molecule has 9 nitrogen and oxygen atoms in total. The average Bonchev–Trinajstić information content (AvgIpc) is 2.97. The summed E-state index contributed by atoms with van der Waals surface area (Å²) in [5.41, 5.74) is 0.618. The summed E-state index contributed by atoms with van der Waals surface area (Å²) in [7, 11) is -3.74. The molecule has 0 radical (unpaired) electrons. The molecule has 0 bridgehead atoms. The van der Waals surface area contributed by atoms with Gasteiger partial charge in [-0.25, -0.2) is 13.2 Å². The number of carbonyl (C=O) groups excluding carboxylic acids is 2. The predicted molar refractivity (Wildman–Crippen MR) is 105 cm³/mol. The largest absolute Gasteiger partial charge is 0.454 e. The van der Waals surface area contributed by atoms with E-state index in [9.17, 15) is 26.8 Å². The van der Waals surface area contributed by atoms with E-state index in [-0.39, 0.29) is 22.2 Å². The number of hydrogen-bond acceptors (Lipinski definition) is 7. The number of alkyl halides is 2. The van der Waals surface area contributed by atoms with Crippen molar-refractivity contribution in [1.29, 1.82) is 0 Å². The number of amidine groups is 1. The third kappa shape index (κ3) is 5.54. The van der Waals surface area contributed by atoms with E-state index < -0.39 is 41.2 Å². The van der Waals surface area contributed by atoms with Gasteiger partial charge in [0, 0.05) is 11.3 Å². The molecular weight excluding hydrogens is 436 g/mol. The maximum Gasteiger partial charge on any atom is 0.387 e. The summed E-state index contributed by atoms with van der Waals surface area (Å²) >= 11 is 0. The van der Waals surface area contributed by atoms with Crippen LogP contribution in [0.3, 0.4) is 0 Å². The van der Waals surface area contributed by atoms with Gasteiger partial charge in [-0.3, -0.25) is 14.5 Å². The molecule has 2 N–H and O–H groups in total. The van der Waals surface area contributed by atoms with Crippen molar-refractivity contribution in [3.63, 3.8) is 0 Å². The summed E-state index contributed by atoms with van der Waals surface area (Å²) in [6.07, 6.45) is 0. The van der Waals surface area contributed by atoms with Gasteiger partial charge in [-0.1, -0.05) is 12.1 Å². The van der Waals surface area contributed by atoms with Crippen molar-refractivity contribution in [2.45, 2.75) is 24.5 Å². The molecule has 0 saturated carbocycles. The number of amides is 1. The third-order valence-corrected chi connectivity index (χ3v) is 5.43. The number of carbonyl (C=O) groups is 2. The number of benzene rings is 2. The topological polar surface area (TPSA) is 123 Å². The molecule has 0 aliphatic carbocycles. The van der Waals surface area contributed by atoms with Crippen LogP contribution in [-0.2, 0) is 24.3 Å². The summed E-state index contributed by atoms with van der Waals surface area (Å²) in [6.45, 7) is -2.19. The predicted octanol–water partition coefficient (Wildman–Crippen LogP) is 1.90. The van der Waals surface area contributed by atoms with Gasteiger partial charge in [0.1, 0.15) is 17.6 Å². The van der Waals surface area contributed by atoms with Crippen molar-refractivity contribution in [3.05, 3.63) is 54.1 Å². The number of nitrogens with zero attached hydrogens (tertiary/aromatic N) is 1. The minimum absolute atomic E-state index is 0.00982. The van der Waals surface area contributed by atoms with Crippen LogP contribution in [-0.4, -0.2) is 45.4 Å². The third-order valence-electron chi connectivity index (χ3n) is 4.04. The minimum Gasteiger partial charge on any atom is -0.454 e. The molecule has 0 aromatic heterocycles. The highest BCUT2D eigenvalue weighted by Gasteiger charge is 2.31. The lowest BCUT2D eigenvalue weighted by atomic mass is 10.2. The maximum atomic E-state index is 12.1. The zero-order valence-corrected chi connectivity index (χ0v) is 16.9. The molecule has 1 atom stereocenters. The number of halogens is 2. The van der Waals surface area contributed by atoms with Crippen molar-refractivity contribution in [3.8, 4) is 5.75 Å². The average molecular weight is 453 g/mol. The second-order valence-corrected chi connectivity index (χ2v) is 7.96. The number of fused-ring (bicyclic) bond motifs is 1. The first-order valence-electron chi connectivity index (χ1n) is 8.87. The minimum atomic E-state index is -3.74. The number of rotatable bonds is 7. The zero-order valence-electron chi connectivity index (χ0n) is 16.0. The molecule has 31 heavy (non-hydrogen) atoms. The van der Waals surface area contributed by atoms with Crippen LogP contribution in [0.2, 0.25) is 0 Å². The van der Waals surface area contributed by atoms with Gasteiger partial charge in [0.15, 0.2) is 6.61 Å². The number of nitrogens with one attached hydrogen (secondary N) is 2. The van der Waals surface area contributed by atoms with E-state index in [0.717, 1.165) is 0 Å². The number of hydrogen-bond donors (Lipinski definition) is 2. The first-order chi connectivity index (χ1) is 14.7. The van der Waals surface area contributed by atoms with E-state index in [2.05, 4.69) is 19.8 Å². The standard InChI is InChI=1S/C19H17F2N3O6S/c1-11(22-17-14-4-2-3-5-15(14)31(27,28)24-17)18(26)29-10-16(25)23-12-6-8-13(9-7-12)30-19(20)21/h2-9,11,19H,10H2,1H3,(H,22,24)(H,23,25)/t11-/m0/s1. The van der Waals surface area contributed by atoms with Crippen molar-refractivity contribution in [1.82, 2.24) is 4.72 Å². The SMILES string of the molecule is C[C@H](N=C1NS(=O)(=O)c2ccccc21)C(=O)OCC(=O)Nc1ccc(OC(F)F)cc1. The van der Waals surface area contributed by atoms with Gasteiger partial charge in [-0.05, 0) is 43.3 Å². The van der Waals surface area contributed by atoms with Crippen LogP contribution in [0.1, 0.15) is 12.5 Å². The molecular formula is C19H17F2N3O6S. The Labute approximate surface area is 176 Å². The molecule has 1 aliphatic rings. The van der Waals surface area contributed by atoms with Crippen molar-refractivity contribution in [2.75, 3.05) is 11.9 Å². The number of anilines is 1. The Kier molecular flexibility index (Phi) is 6.49. The van der Waals surface area contributed by atoms with E-state index >= 15 is 0 Å². The molecule has 1 amide bonds. The van der Waals surface area contributed by atoms with Crippen LogP contribution in [0.5, 0.6) is 5.75 Å². The first kappa shape index (κ1) is 22.2. The Bertz CT molecular complexity index is 1120. The van der Waals surface area contributed by atoms with Crippen LogP contribution in [0, 0.1) is 0 Å². The monoisotopic (exact) mass is 453 g/mol. The summed E-state index contributed by atoms with van der Waals surface area (Å²) in [4.78, 5) is 28.2. The number of aliphatic imine (C=N–C) groups is 1. The van der Waals surface area contributed by atoms with Crippen molar-refractivity contribution >= 4 is 33.4 Å². The second kappa shape index (κ2) is 9.08. The Morgan fingerprint density at radius 1 is 1.13 bits per heavy atom. The Balaban J connectivity index is 1.55. The van der Waals surface area contributed by atoms with E-state index in [1.165, 1.54) is 37.3 Å². The molecule has 1 aliphatic heterocycles. The number of sulfonamides is 1. The molecule has 0 fully saturated rings. The van der Waals surface area contributed by atoms with Gasteiger partial charge >= 0.3 is 12.6 Å². The van der Waals surface area contributed by atoms with Gasteiger partial charge in [0.05, 0.1) is 4.90 Å². The highest BCUT2D eigenvalue weighted by atomic mass is 32.2. The zero-order chi connectivity index (χ0) is 22.6. The molecule has 1 heterocycles. The van der Waals surface area contributed by atoms with Crippen LogP contribution in [0.15, 0.2) is 58.4 Å². The molecule has 0 unspecified atom stereocenters. The van der Waals surface area contributed by atoms with Crippen LogP contribution < -0.4 is 14.8 Å². The fourth-order valence-electron chi connectivity index (χ4n) is 2.65. The number of esters is 1. The van der Waals surface area contributed by atoms with Gasteiger partial charge < -0.3 is 14.8 Å². The second-order valence-electron chi connectivity index (χ2n) is 6.31. The smallest absolute Gasteiger partial charge is 0.387 e. The summed E-state index contributed by atoms with van der Waals surface area (Å²) in [5.74, 6) is -1.57. The molecule has 12 heteroatoms. The molecule has 164 valence electrons. The van der Waals surface area contributed by atoms with E-state index in [1.54, 1.807) is 18.2 Å². The lowest BCUT2D eigenvalue weighted by molar-refractivity contribution is -0.148. The normalized spacial score (nSPS) is 16.3. The molecule has 3 rings (SSSR count). The summed E-state index contributed by atoms with van der Waals surface area (Å²) < 4.78 is 59.8. The van der Waals surface area contributed by atoms with E-state index in [0.29, 0.717) is 5.56 Å². The van der Waals surface area contributed by atoms with Crippen LogP contribution in [0.4, 0.5) is 14.5 Å². The Morgan fingerprint density at radius 2 is 1.81 bits per heavy atom. The molecule has 2 aromatic rings. The Hall–Kier alpha value is -3.54. The first-order valence-corrected chi connectivity index (χ1v) is 10.4. The lowest BCUT2D eigenvalue weighted by Crippen LogP contribution is -2.28. The van der Waals surface area contributed by atoms with E-state index in [4.69, 9.17) is 4.74 Å². The fraction of sp³-hybridized carbons (Fsp3) is 0.211. The van der Waals surface area contributed by atoms with Gasteiger partial charge in [0.2, 0.25) is 0 Å². The van der Waals surface area contributed by atoms with Crippen LogP contribution in [0.25, 0.3) is 0 Å². The van der Waals surface area contributed by atoms with E-state index in [1.807, 2.05) is 0 Å². The van der Waals surface area contributed by atoms with Crippen molar-refractivity contribution < 1.29 is 36.3 Å². The highest BCUT2D eigenvalue weighted by molar-refractivity contribution is 7.90. The lowest BCUT2D eigenvalue weighted by Gasteiger charge is -2.10.